The fourth-order valence-corrected chi connectivity index (χ4v) is 2.56. The lowest BCUT2D eigenvalue weighted by Gasteiger charge is -2.10. The Hall–Kier alpha value is -2.33. The number of ether oxygens (including phenoxy) is 3. The zero-order valence-corrected chi connectivity index (χ0v) is 12.8. The van der Waals surface area contributed by atoms with Gasteiger partial charge < -0.3 is 14.2 Å². The number of carbonyl (C=O) groups excluding carboxylic acids is 1. The molecule has 22 heavy (non-hydrogen) atoms. The number of ketones is 1. The van der Waals surface area contributed by atoms with Gasteiger partial charge in [0.1, 0.15) is 23.2 Å². The van der Waals surface area contributed by atoms with Gasteiger partial charge in [0, 0.05) is 0 Å². The van der Waals surface area contributed by atoms with E-state index in [1.807, 2.05) is 31.2 Å². The van der Waals surface area contributed by atoms with Crippen molar-refractivity contribution < 1.29 is 19.0 Å². The van der Waals surface area contributed by atoms with Crippen LogP contribution in [0.5, 0.6) is 11.5 Å². The number of hydrogen-bond donors (Lipinski definition) is 0. The van der Waals surface area contributed by atoms with Crippen molar-refractivity contribution in [3.8, 4) is 11.5 Å². The highest BCUT2D eigenvalue weighted by molar-refractivity contribution is 6.05. The number of Topliss-reactive ketones (excluding diaryl/α,β-unsaturated/α-hetero) is 1. The number of rotatable bonds is 5. The van der Waals surface area contributed by atoms with E-state index in [9.17, 15) is 4.79 Å². The lowest BCUT2D eigenvalue weighted by atomic mass is 10.0. The molecule has 2 aromatic rings. The zero-order chi connectivity index (χ0) is 15.7. The summed E-state index contributed by atoms with van der Waals surface area (Å²) in [7, 11) is 3.08. The van der Waals surface area contributed by atoms with E-state index < -0.39 is 6.10 Å². The van der Waals surface area contributed by atoms with Crippen molar-refractivity contribution >= 4 is 5.78 Å². The molecule has 4 nitrogen and oxygen atoms in total. The van der Waals surface area contributed by atoms with Crippen molar-refractivity contribution in [2.24, 2.45) is 0 Å². The molecule has 1 aliphatic rings. The minimum absolute atomic E-state index is 0.111. The van der Waals surface area contributed by atoms with Gasteiger partial charge in [0.25, 0.3) is 0 Å². The summed E-state index contributed by atoms with van der Waals surface area (Å²) in [6.45, 7) is 2.03. The second-order valence-corrected chi connectivity index (χ2v) is 5.29. The molecule has 2 unspecified atom stereocenters. The van der Waals surface area contributed by atoms with Crippen LogP contribution in [0.25, 0.3) is 0 Å². The normalized spacial score (nSPS) is 19.6. The maximum Gasteiger partial charge on any atom is 0.202 e. The largest absolute Gasteiger partial charge is 0.496 e. The third kappa shape index (κ3) is 2.57. The first-order valence-corrected chi connectivity index (χ1v) is 7.13. The number of aryl methyl sites for hydroxylation is 1. The van der Waals surface area contributed by atoms with Gasteiger partial charge in [0.15, 0.2) is 6.10 Å². The Morgan fingerprint density at radius 1 is 1.00 bits per heavy atom. The minimum Gasteiger partial charge on any atom is -0.496 e. The molecule has 0 bridgehead atoms. The van der Waals surface area contributed by atoms with Crippen LogP contribution in [0.3, 0.4) is 0 Å². The molecule has 1 heterocycles. The average Bonchev–Trinajstić information content (AvgIpc) is 3.34. The number of carbonyl (C=O) groups is 1. The smallest absolute Gasteiger partial charge is 0.202 e. The van der Waals surface area contributed by atoms with Gasteiger partial charge in [0.2, 0.25) is 5.78 Å². The van der Waals surface area contributed by atoms with Gasteiger partial charge in [-0.3, -0.25) is 4.79 Å². The van der Waals surface area contributed by atoms with E-state index in [4.69, 9.17) is 14.2 Å². The molecule has 3 rings (SSSR count). The molecular formula is C18H18O4. The summed E-state index contributed by atoms with van der Waals surface area (Å²) in [4.78, 5) is 12.7. The summed E-state index contributed by atoms with van der Waals surface area (Å²) in [5.74, 6) is 0.893. The zero-order valence-electron chi connectivity index (χ0n) is 12.8. The van der Waals surface area contributed by atoms with Crippen molar-refractivity contribution in [2.45, 2.75) is 19.1 Å². The Kier molecular flexibility index (Phi) is 3.86. The fraction of sp³-hybridized carbons (Fsp3) is 0.278. The monoisotopic (exact) mass is 298 g/mol. The molecule has 0 saturated carbocycles. The maximum absolute atomic E-state index is 12.7. The van der Waals surface area contributed by atoms with Crippen LogP contribution in [0.4, 0.5) is 0 Å². The van der Waals surface area contributed by atoms with Crippen LogP contribution in [-0.4, -0.2) is 26.1 Å². The third-order valence-electron chi connectivity index (χ3n) is 3.83. The number of methoxy groups -OCH3 is 2. The molecule has 1 saturated heterocycles. The molecule has 1 fully saturated rings. The van der Waals surface area contributed by atoms with Gasteiger partial charge in [-0.1, -0.05) is 35.9 Å². The van der Waals surface area contributed by atoms with E-state index in [0.29, 0.717) is 17.1 Å². The van der Waals surface area contributed by atoms with Gasteiger partial charge in [0.05, 0.1) is 14.2 Å². The standard InChI is InChI=1S/C18H18O4/c1-11-7-9-12(10-8-11)17-18(22-17)16(19)15-13(20-2)5-4-6-14(15)21-3/h4-10,17-18H,1-3H3. The van der Waals surface area contributed by atoms with E-state index in [0.717, 1.165) is 5.56 Å². The number of epoxide rings is 1. The molecule has 4 heteroatoms. The van der Waals surface area contributed by atoms with Gasteiger partial charge in [-0.2, -0.15) is 0 Å². The first-order valence-electron chi connectivity index (χ1n) is 7.13. The second-order valence-electron chi connectivity index (χ2n) is 5.29. The third-order valence-corrected chi connectivity index (χ3v) is 3.83. The summed E-state index contributed by atoms with van der Waals surface area (Å²) in [5.41, 5.74) is 2.63. The van der Waals surface area contributed by atoms with Crippen LogP contribution >= 0.6 is 0 Å². The first-order chi connectivity index (χ1) is 10.7. The van der Waals surface area contributed by atoms with Crippen molar-refractivity contribution in [3.63, 3.8) is 0 Å². The maximum atomic E-state index is 12.7. The Bertz CT molecular complexity index is 668. The fourth-order valence-electron chi connectivity index (χ4n) is 2.56. The Labute approximate surface area is 129 Å². The summed E-state index contributed by atoms with van der Waals surface area (Å²) < 4.78 is 16.2. The number of benzene rings is 2. The Morgan fingerprint density at radius 2 is 1.59 bits per heavy atom. The molecule has 2 aromatic carbocycles. The molecule has 1 aliphatic heterocycles. The summed E-state index contributed by atoms with van der Waals surface area (Å²) in [6.07, 6.45) is -0.671. The topological polar surface area (TPSA) is 48.1 Å². The van der Waals surface area contributed by atoms with Crippen LogP contribution < -0.4 is 9.47 Å². The quantitative estimate of drug-likeness (QED) is 0.627. The van der Waals surface area contributed by atoms with Gasteiger partial charge >= 0.3 is 0 Å². The van der Waals surface area contributed by atoms with E-state index >= 15 is 0 Å². The van der Waals surface area contributed by atoms with Gasteiger partial charge in [-0.25, -0.2) is 0 Å². The molecule has 0 N–H and O–H groups in total. The Balaban J connectivity index is 1.86. The molecular weight excluding hydrogens is 280 g/mol. The molecule has 0 amide bonds. The Morgan fingerprint density at radius 3 is 2.14 bits per heavy atom. The molecule has 0 radical (unpaired) electrons. The molecule has 114 valence electrons. The minimum atomic E-state index is -0.479. The van der Waals surface area contributed by atoms with Gasteiger partial charge in [-0.15, -0.1) is 0 Å². The first kappa shape index (κ1) is 14.6. The van der Waals surface area contributed by atoms with E-state index in [-0.39, 0.29) is 11.9 Å². The van der Waals surface area contributed by atoms with Crippen LogP contribution in [0.1, 0.15) is 27.6 Å². The van der Waals surface area contributed by atoms with Crippen molar-refractivity contribution in [2.75, 3.05) is 14.2 Å². The summed E-state index contributed by atoms with van der Waals surface area (Å²) in [6, 6.07) is 13.3. The summed E-state index contributed by atoms with van der Waals surface area (Å²) >= 11 is 0. The second kappa shape index (κ2) is 5.81. The van der Waals surface area contributed by atoms with Gasteiger partial charge in [-0.05, 0) is 24.6 Å². The molecule has 0 aliphatic carbocycles. The SMILES string of the molecule is COc1cccc(OC)c1C(=O)C1OC1c1ccc(C)cc1. The highest BCUT2D eigenvalue weighted by atomic mass is 16.6. The lowest BCUT2D eigenvalue weighted by molar-refractivity contribution is 0.0947. The van der Waals surface area contributed by atoms with Crippen molar-refractivity contribution in [1.29, 1.82) is 0 Å². The lowest BCUT2D eigenvalue weighted by Crippen LogP contribution is -2.11. The summed E-state index contributed by atoms with van der Waals surface area (Å²) in [5, 5.41) is 0. The molecule has 0 aromatic heterocycles. The van der Waals surface area contributed by atoms with Crippen LogP contribution in [0.15, 0.2) is 42.5 Å². The predicted octanol–water partition coefficient (Wildman–Crippen LogP) is 3.34. The van der Waals surface area contributed by atoms with Crippen molar-refractivity contribution in [3.05, 3.63) is 59.2 Å². The van der Waals surface area contributed by atoms with Crippen molar-refractivity contribution in [1.82, 2.24) is 0 Å². The molecule has 0 spiro atoms. The van der Waals surface area contributed by atoms with E-state index in [2.05, 4.69) is 0 Å². The highest BCUT2D eigenvalue weighted by Crippen LogP contribution is 2.43. The average molecular weight is 298 g/mol. The highest BCUT2D eigenvalue weighted by Gasteiger charge is 2.47. The molecule has 2 atom stereocenters. The van der Waals surface area contributed by atoms with Crippen LogP contribution in [-0.2, 0) is 4.74 Å². The van der Waals surface area contributed by atoms with Crippen LogP contribution in [0.2, 0.25) is 0 Å². The van der Waals surface area contributed by atoms with E-state index in [1.54, 1.807) is 18.2 Å². The van der Waals surface area contributed by atoms with Crippen LogP contribution in [0, 0.1) is 6.92 Å². The van der Waals surface area contributed by atoms with E-state index in [1.165, 1.54) is 19.8 Å². The predicted molar refractivity (Wildman–Crippen MR) is 82.7 cm³/mol. The number of hydrogen-bond acceptors (Lipinski definition) is 4.